The number of methoxy groups -OCH3 is 1. The number of ether oxygens (including phenoxy) is 1. The second-order valence-corrected chi connectivity index (χ2v) is 5.89. The predicted octanol–water partition coefficient (Wildman–Crippen LogP) is 0.919. The van der Waals surface area contributed by atoms with Crippen molar-refractivity contribution in [2.45, 2.75) is 0 Å². The third kappa shape index (κ3) is 2.24. The highest BCUT2D eigenvalue weighted by Gasteiger charge is 2.43. The van der Waals surface area contributed by atoms with Gasteiger partial charge in [0.2, 0.25) is 0 Å². The highest BCUT2D eigenvalue weighted by molar-refractivity contribution is 6.76. The molecule has 16 heavy (non-hydrogen) atoms. The highest BCUT2D eigenvalue weighted by Crippen LogP contribution is 2.17. The van der Waals surface area contributed by atoms with E-state index in [-0.39, 0.29) is 5.82 Å². The Balaban J connectivity index is 3.28. The van der Waals surface area contributed by atoms with Crippen LogP contribution < -0.4 is 9.92 Å². The zero-order valence-corrected chi connectivity index (χ0v) is 10.7. The van der Waals surface area contributed by atoms with E-state index in [9.17, 15) is 4.39 Å². The van der Waals surface area contributed by atoms with Crippen molar-refractivity contribution in [3.63, 3.8) is 0 Å². The topological polar surface area (TPSA) is 36.9 Å². The molecule has 0 N–H and O–H groups in total. The summed E-state index contributed by atoms with van der Waals surface area (Å²) in [5.74, 6) is -0.0241. The molecule has 6 heteroatoms. The quantitative estimate of drug-likeness (QED) is 0.724. The van der Waals surface area contributed by atoms with E-state index in [1.54, 1.807) is 6.07 Å². The maximum Gasteiger partial charge on any atom is 0.540 e. The summed E-state index contributed by atoms with van der Waals surface area (Å²) in [4.78, 5) is 0. The van der Waals surface area contributed by atoms with Crippen LogP contribution in [-0.4, -0.2) is 37.2 Å². The summed E-state index contributed by atoms with van der Waals surface area (Å²) >= 11 is 0. The smallest absolute Gasteiger partial charge is 0.496 e. The second-order valence-electron chi connectivity index (χ2n) is 3.01. The first-order valence-electron chi connectivity index (χ1n) is 4.63. The molecule has 0 saturated heterocycles. The normalized spacial score (nSPS) is 11.6. The van der Waals surface area contributed by atoms with Crippen LogP contribution in [0.5, 0.6) is 5.75 Å². The number of benzene rings is 1. The van der Waals surface area contributed by atoms with Crippen molar-refractivity contribution in [2.75, 3.05) is 28.4 Å². The molecule has 0 aliphatic rings. The molecular formula is C10H15FO4Si. The lowest BCUT2D eigenvalue weighted by Crippen LogP contribution is -2.55. The van der Waals surface area contributed by atoms with Gasteiger partial charge in [-0.25, -0.2) is 4.39 Å². The molecule has 90 valence electrons. The molecule has 1 aromatic carbocycles. The minimum atomic E-state index is -2.97. The Hall–Kier alpha value is -0.953. The SMILES string of the molecule is COc1cc(F)ccc1[Si](OC)(OC)OC. The lowest BCUT2D eigenvalue weighted by molar-refractivity contribution is 0.139. The van der Waals surface area contributed by atoms with Crippen LogP contribution in [0.4, 0.5) is 4.39 Å². The average molecular weight is 246 g/mol. The van der Waals surface area contributed by atoms with Gasteiger partial charge in [0.05, 0.1) is 12.3 Å². The van der Waals surface area contributed by atoms with Crippen molar-refractivity contribution in [3.8, 4) is 5.75 Å². The molecule has 1 aromatic rings. The molecule has 0 atom stereocenters. The van der Waals surface area contributed by atoms with Gasteiger partial charge >= 0.3 is 8.80 Å². The molecule has 0 radical (unpaired) electrons. The van der Waals surface area contributed by atoms with Gasteiger partial charge in [0.25, 0.3) is 0 Å². The summed E-state index contributed by atoms with van der Waals surface area (Å²) in [5, 5.41) is 0.601. The highest BCUT2D eigenvalue weighted by atomic mass is 28.4. The van der Waals surface area contributed by atoms with E-state index < -0.39 is 8.80 Å². The number of hydrogen-bond acceptors (Lipinski definition) is 4. The van der Waals surface area contributed by atoms with Crippen LogP contribution in [0.25, 0.3) is 0 Å². The Morgan fingerprint density at radius 2 is 1.56 bits per heavy atom. The van der Waals surface area contributed by atoms with Crippen LogP contribution in [0.2, 0.25) is 0 Å². The van der Waals surface area contributed by atoms with Gasteiger partial charge in [0.1, 0.15) is 11.6 Å². The molecule has 0 fully saturated rings. The van der Waals surface area contributed by atoms with E-state index in [0.29, 0.717) is 10.9 Å². The minimum absolute atomic E-state index is 0.359. The van der Waals surface area contributed by atoms with E-state index in [0.717, 1.165) is 0 Å². The van der Waals surface area contributed by atoms with Crippen LogP contribution in [0.1, 0.15) is 0 Å². The number of halogens is 1. The molecule has 0 saturated carbocycles. The molecule has 1 rings (SSSR count). The molecular weight excluding hydrogens is 231 g/mol. The van der Waals surface area contributed by atoms with Gasteiger partial charge in [-0.05, 0) is 12.1 Å². The van der Waals surface area contributed by atoms with Gasteiger partial charge in [0.15, 0.2) is 0 Å². The first kappa shape index (κ1) is 13.1. The molecule has 0 amide bonds. The Kier molecular flexibility index (Phi) is 4.42. The molecule has 0 aliphatic heterocycles. The van der Waals surface area contributed by atoms with Crippen molar-refractivity contribution < 1.29 is 22.4 Å². The molecule has 0 aliphatic carbocycles. The molecule has 0 heterocycles. The fraction of sp³-hybridized carbons (Fsp3) is 0.400. The Labute approximate surface area is 95.3 Å². The van der Waals surface area contributed by atoms with Crippen molar-refractivity contribution in [1.29, 1.82) is 0 Å². The van der Waals surface area contributed by atoms with Crippen LogP contribution in [0.3, 0.4) is 0 Å². The fourth-order valence-electron chi connectivity index (χ4n) is 1.50. The molecule has 0 unspecified atom stereocenters. The monoisotopic (exact) mass is 246 g/mol. The summed E-state index contributed by atoms with van der Waals surface area (Å²) < 4.78 is 34.0. The van der Waals surface area contributed by atoms with Gasteiger partial charge in [-0.2, -0.15) is 0 Å². The third-order valence-electron chi connectivity index (χ3n) is 2.30. The van der Waals surface area contributed by atoms with Gasteiger partial charge in [-0.3, -0.25) is 0 Å². The molecule has 0 aromatic heterocycles. The Bertz CT molecular complexity index is 346. The van der Waals surface area contributed by atoms with Crippen LogP contribution in [0, 0.1) is 5.82 Å². The van der Waals surface area contributed by atoms with Crippen molar-refractivity contribution in [3.05, 3.63) is 24.0 Å². The summed E-state index contributed by atoms with van der Waals surface area (Å²) in [5.41, 5.74) is 0. The standard InChI is InChI=1S/C10H15FO4Si/c1-12-9-7-8(11)5-6-10(9)16(13-2,14-3)15-4/h5-7H,1-4H3. The molecule has 4 nitrogen and oxygen atoms in total. The Morgan fingerprint density at radius 1 is 1.00 bits per heavy atom. The molecule has 0 spiro atoms. The van der Waals surface area contributed by atoms with Crippen LogP contribution >= 0.6 is 0 Å². The van der Waals surface area contributed by atoms with E-state index in [4.69, 9.17) is 18.0 Å². The van der Waals surface area contributed by atoms with Crippen LogP contribution in [0.15, 0.2) is 18.2 Å². The van der Waals surface area contributed by atoms with Crippen LogP contribution in [-0.2, 0) is 13.3 Å². The van der Waals surface area contributed by atoms with Gasteiger partial charge in [-0.15, -0.1) is 0 Å². The maximum absolute atomic E-state index is 13.0. The van der Waals surface area contributed by atoms with Crippen molar-refractivity contribution in [2.24, 2.45) is 0 Å². The van der Waals surface area contributed by atoms with E-state index in [1.807, 2.05) is 0 Å². The summed E-state index contributed by atoms with van der Waals surface area (Å²) in [6.07, 6.45) is 0. The molecule has 0 bridgehead atoms. The van der Waals surface area contributed by atoms with Gasteiger partial charge in [0, 0.05) is 27.4 Å². The van der Waals surface area contributed by atoms with E-state index in [2.05, 4.69) is 0 Å². The minimum Gasteiger partial charge on any atom is -0.496 e. The lowest BCUT2D eigenvalue weighted by Gasteiger charge is -2.25. The maximum atomic E-state index is 13.0. The van der Waals surface area contributed by atoms with Crippen molar-refractivity contribution in [1.82, 2.24) is 0 Å². The lowest BCUT2D eigenvalue weighted by atomic mass is 10.3. The number of hydrogen-bond donors (Lipinski definition) is 0. The van der Waals surface area contributed by atoms with Crippen molar-refractivity contribution >= 4 is 14.0 Å². The fourth-order valence-corrected chi connectivity index (χ4v) is 3.42. The number of rotatable bonds is 5. The van der Waals surface area contributed by atoms with E-state index >= 15 is 0 Å². The predicted molar refractivity (Wildman–Crippen MR) is 59.4 cm³/mol. The second kappa shape index (κ2) is 5.40. The summed E-state index contributed by atoms with van der Waals surface area (Å²) in [7, 11) is 2.95. The largest absolute Gasteiger partial charge is 0.540 e. The van der Waals surface area contributed by atoms with Gasteiger partial charge < -0.3 is 18.0 Å². The third-order valence-corrected chi connectivity index (χ3v) is 4.98. The first-order valence-corrected chi connectivity index (χ1v) is 6.35. The zero-order chi connectivity index (χ0) is 12.2. The average Bonchev–Trinajstić information content (AvgIpc) is 2.33. The summed E-state index contributed by atoms with van der Waals surface area (Å²) in [6.45, 7) is 0. The zero-order valence-electron chi connectivity index (χ0n) is 9.74. The first-order chi connectivity index (χ1) is 7.63. The van der Waals surface area contributed by atoms with E-state index in [1.165, 1.54) is 40.6 Å². The summed E-state index contributed by atoms with van der Waals surface area (Å²) in [6, 6.07) is 4.14. The Morgan fingerprint density at radius 3 is 2.00 bits per heavy atom. The van der Waals surface area contributed by atoms with Gasteiger partial charge in [-0.1, -0.05) is 0 Å².